The van der Waals surface area contributed by atoms with Gasteiger partial charge in [0.25, 0.3) is 5.79 Å². The third-order valence-electron chi connectivity index (χ3n) is 8.39. The molecule has 4 aromatic rings. The van der Waals surface area contributed by atoms with Gasteiger partial charge in [0.1, 0.15) is 11.6 Å². The second-order valence-corrected chi connectivity index (χ2v) is 11.7. The molecule has 3 aromatic carbocycles. The molecule has 0 saturated carbocycles. The molecular formula is C34H33ClFN3O4. The Hall–Kier alpha value is -4.14. The van der Waals surface area contributed by atoms with Gasteiger partial charge in [-0.3, -0.25) is 4.90 Å². The maximum absolute atomic E-state index is 14.8. The van der Waals surface area contributed by atoms with Crippen LogP contribution in [0.1, 0.15) is 66.9 Å². The van der Waals surface area contributed by atoms with Crippen LogP contribution in [0.25, 0.3) is 6.08 Å². The minimum Gasteiger partial charge on any atom is -0.478 e. The number of carbonyl (C=O) groups is 1. The van der Waals surface area contributed by atoms with E-state index in [1.165, 1.54) is 6.07 Å². The summed E-state index contributed by atoms with van der Waals surface area (Å²) in [6, 6.07) is 20.5. The fraction of sp³-hybridized carbons (Fsp3) is 0.294. The lowest BCUT2D eigenvalue weighted by atomic mass is 9.88. The first-order valence-electron chi connectivity index (χ1n) is 14.4. The van der Waals surface area contributed by atoms with Gasteiger partial charge in [-0.25, -0.2) is 14.2 Å². The first kappa shape index (κ1) is 29.0. The number of hydrogen-bond donors (Lipinski definition) is 1. The molecule has 0 spiro atoms. The van der Waals surface area contributed by atoms with Crippen LogP contribution >= 0.6 is 11.6 Å². The number of para-hydroxylation sites is 1. The fourth-order valence-corrected chi connectivity index (χ4v) is 6.34. The van der Waals surface area contributed by atoms with Gasteiger partial charge in [-0.1, -0.05) is 54.1 Å². The highest BCUT2D eigenvalue weighted by Gasteiger charge is 2.43. The van der Waals surface area contributed by atoms with Crippen molar-refractivity contribution in [2.75, 3.05) is 13.1 Å². The van der Waals surface area contributed by atoms with Gasteiger partial charge in [0.15, 0.2) is 11.5 Å². The zero-order chi connectivity index (χ0) is 30.1. The number of likely N-dealkylation sites (tertiary alicyclic amines) is 1. The number of nitrogens with zero attached hydrogens (tertiary/aromatic N) is 3. The molecule has 1 N–H and O–H groups in total. The number of rotatable bonds is 8. The van der Waals surface area contributed by atoms with E-state index in [2.05, 4.69) is 34.6 Å². The molecule has 3 heterocycles. The minimum absolute atomic E-state index is 0.0199. The molecule has 0 aliphatic carbocycles. The van der Waals surface area contributed by atoms with Crippen molar-refractivity contribution < 1.29 is 23.8 Å². The van der Waals surface area contributed by atoms with E-state index in [0.29, 0.717) is 28.6 Å². The SMILES string of the molecule is C[C@H](c1ccccc1)n1c(/C=C/C(=O)O)cnc1CN1CCC(c2cccc3c2OC(C)(c2ccc(Cl)cc2F)O3)CC1. The molecular weight excluding hydrogens is 569 g/mol. The van der Waals surface area contributed by atoms with Crippen LogP contribution in [-0.2, 0) is 17.1 Å². The predicted octanol–water partition coefficient (Wildman–Crippen LogP) is 7.41. The van der Waals surface area contributed by atoms with Crippen LogP contribution in [0.5, 0.6) is 11.5 Å². The Morgan fingerprint density at radius 2 is 1.91 bits per heavy atom. The summed E-state index contributed by atoms with van der Waals surface area (Å²) in [5.41, 5.74) is 3.24. The molecule has 2 aliphatic heterocycles. The summed E-state index contributed by atoms with van der Waals surface area (Å²) in [7, 11) is 0. The van der Waals surface area contributed by atoms with Crippen LogP contribution in [-0.4, -0.2) is 38.6 Å². The Labute approximate surface area is 255 Å². The number of halogens is 2. The van der Waals surface area contributed by atoms with E-state index in [1.807, 2.05) is 30.3 Å². The van der Waals surface area contributed by atoms with E-state index in [1.54, 1.807) is 31.3 Å². The van der Waals surface area contributed by atoms with Gasteiger partial charge >= 0.3 is 5.97 Å². The summed E-state index contributed by atoms with van der Waals surface area (Å²) in [6.45, 7) is 6.18. The number of carboxylic acids is 1. The molecule has 9 heteroatoms. The lowest BCUT2D eigenvalue weighted by molar-refractivity contribution is -0.131. The van der Waals surface area contributed by atoms with Gasteiger partial charge in [-0.15, -0.1) is 0 Å². The van der Waals surface area contributed by atoms with Gasteiger partial charge < -0.3 is 19.1 Å². The normalized spacial score (nSPS) is 19.6. The van der Waals surface area contributed by atoms with Crippen molar-refractivity contribution in [2.24, 2.45) is 0 Å². The van der Waals surface area contributed by atoms with E-state index in [0.717, 1.165) is 54.7 Å². The fourth-order valence-electron chi connectivity index (χ4n) is 6.18. The molecule has 1 fully saturated rings. The summed E-state index contributed by atoms with van der Waals surface area (Å²) in [5, 5.41) is 9.53. The van der Waals surface area contributed by atoms with E-state index in [9.17, 15) is 14.3 Å². The van der Waals surface area contributed by atoms with Gasteiger partial charge in [0.05, 0.1) is 30.0 Å². The van der Waals surface area contributed by atoms with E-state index in [-0.39, 0.29) is 12.0 Å². The standard InChI is InChI=1S/C34H33ClFN3O4/c1-22(23-7-4-3-5-8-23)39-26(12-14-32(40)41)20-37-31(39)21-38-17-15-24(16-18-38)27-9-6-10-30-33(27)43-34(2,42-30)28-13-11-25(35)19-29(28)36/h3-14,19-20,22,24H,15-18,21H2,1-2H3,(H,40,41)/b14-12+/t22-,34?/m1/s1. The molecule has 0 bridgehead atoms. The van der Waals surface area contributed by atoms with Gasteiger partial charge in [-0.05, 0) is 74.7 Å². The van der Waals surface area contributed by atoms with Crippen LogP contribution in [0, 0.1) is 5.82 Å². The average molecular weight is 602 g/mol. The van der Waals surface area contributed by atoms with Crippen molar-refractivity contribution in [3.8, 4) is 11.5 Å². The summed E-state index contributed by atoms with van der Waals surface area (Å²) in [4.78, 5) is 18.3. The topological polar surface area (TPSA) is 76.8 Å². The summed E-state index contributed by atoms with van der Waals surface area (Å²) in [6.07, 6.45) is 6.31. The molecule has 2 aliphatic rings. The Kier molecular flexibility index (Phi) is 7.99. The molecule has 222 valence electrons. The van der Waals surface area contributed by atoms with Crippen LogP contribution < -0.4 is 9.47 Å². The van der Waals surface area contributed by atoms with Crippen molar-refractivity contribution in [2.45, 2.75) is 51.0 Å². The number of aliphatic carboxylic acids is 1. The largest absolute Gasteiger partial charge is 0.478 e. The third kappa shape index (κ3) is 5.90. The van der Waals surface area contributed by atoms with Crippen molar-refractivity contribution in [3.05, 3.63) is 118 Å². The Balaban J connectivity index is 1.18. The highest BCUT2D eigenvalue weighted by Crippen LogP contribution is 2.49. The van der Waals surface area contributed by atoms with Gasteiger partial charge in [0, 0.05) is 23.6 Å². The number of benzene rings is 3. The van der Waals surface area contributed by atoms with Crippen molar-refractivity contribution >= 4 is 23.6 Å². The molecule has 7 nitrogen and oxygen atoms in total. The Morgan fingerprint density at radius 1 is 1.14 bits per heavy atom. The third-order valence-corrected chi connectivity index (χ3v) is 8.63. The monoisotopic (exact) mass is 601 g/mol. The molecule has 43 heavy (non-hydrogen) atoms. The summed E-state index contributed by atoms with van der Waals surface area (Å²) in [5.74, 6) is -0.339. The van der Waals surface area contributed by atoms with Crippen molar-refractivity contribution in [1.29, 1.82) is 0 Å². The molecule has 2 atom stereocenters. The Bertz CT molecular complexity index is 1670. The maximum Gasteiger partial charge on any atom is 0.328 e. The van der Waals surface area contributed by atoms with Crippen molar-refractivity contribution in [3.63, 3.8) is 0 Å². The number of piperidine rings is 1. The van der Waals surface area contributed by atoms with Crippen molar-refractivity contribution in [1.82, 2.24) is 14.5 Å². The Morgan fingerprint density at radius 3 is 2.63 bits per heavy atom. The van der Waals surface area contributed by atoms with Crippen LogP contribution in [0.15, 0.2) is 79.0 Å². The smallest absolute Gasteiger partial charge is 0.328 e. The van der Waals surface area contributed by atoms with Crippen LogP contribution in [0.4, 0.5) is 4.39 Å². The molecule has 0 amide bonds. The number of aromatic nitrogens is 2. The number of imidazole rings is 1. The van der Waals surface area contributed by atoms with Gasteiger partial charge in [0.2, 0.25) is 0 Å². The lowest BCUT2D eigenvalue weighted by Gasteiger charge is -2.33. The number of hydrogen-bond acceptors (Lipinski definition) is 5. The molecule has 0 radical (unpaired) electrons. The average Bonchev–Trinajstić information content (AvgIpc) is 3.56. The van der Waals surface area contributed by atoms with Crippen LogP contribution in [0.2, 0.25) is 5.02 Å². The zero-order valence-electron chi connectivity index (χ0n) is 24.0. The van der Waals surface area contributed by atoms with E-state index >= 15 is 0 Å². The van der Waals surface area contributed by atoms with E-state index in [4.69, 9.17) is 26.1 Å². The zero-order valence-corrected chi connectivity index (χ0v) is 24.8. The van der Waals surface area contributed by atoms with E-state index < -0.39 is 17.6 Å². The number of fused-ring (bicyclic) bond motifs is 1. The number of ether oxygens (including phenoxy) is 2. The predicted molar refractivity (Wildman–Crippen MR) is 163 cm³/mol. The van der Waals surface area contributed by atoms with Crippen LogP contribution in [0.3, 0.4) is 0 Å². The lowest BCUT2D eigenvalue weighted by Crippen LogP contribution is -2.34. The minimum atomic E-state index is -1.28. The molecule has 1 saturated heterocycles. The summed E-state index contributed by atoms with van der Waals surface area (Å²) >= 11 is 5.97. The molecule has 1 unspecified atom stereocenters. The molecule has 6 rings (SSSR count). The second-order valence-electron chi connectivity index (χ2n) is 11.2. The van der Waals surface area contributed by atoms with Gasteiger partial charge in [-0.2, -0.15) is 0 Å². The highest BCUT2D eigenvalue weighted by molar-refractivity contribution is 6.30. The first-order chi connectivity index (χ1) is 20.7. The number of carboxylic acid groups (broad SMARTS) is 1. The highest BCUT2D eigenvalue weighted by atomic mass is 35.5. The summed E-state index contributed by atoms with van der Waals surface area (Å²) < 4.78 is 29.5. The first-order valence-corrected chi connectivity index (χ1v) is 14.8. The quantitative estimate of drug-likeness (QED) is 0.212. The maximum atomic E-state index is 14.8. The molecule has 1 aromatic heterocycles. The second kappa shape index (κ2) is 11.9.